The first-order valence-corrected chi connectivity index (χ1v) is 8.00. The molecule has 0 heterocycles. The maximum absolute atomic E-state index is 6.59. The molecule has 2 fully saturated rings. The topological polar surface area (TPSA) is 26.0 Å². The molecule has 100 valence electrons. The predicted molar refractivity (Wildman–Crippen MR) is 74.8 cm³/mol. The summed E-state index contributed by atoms with van der Waals surface area (Å²) in [5.41, 5.74) is 6.59. The van der Waals surface area contributed by atoms with Crippen molar-refractivity contribution in [2.24, 2.45) is 29.4 Å². The highest BCUT2D eigenvalue weighted by Crippen LogP contribution is 2.40. The van der Waals surface area contributed by atoms with E-state index in [2.05, 4.69) is 13.8 Å². The summed E-state index contributed by atoms with van der Waals surface area (Å²) in [7, 11) is 0. The molecule has 2 N–H and O–H groups in total. The van der Waals surface area contributed by atoms with Gasteiger partial charge in [0, 0.05) is 6.04 Å². The Labute approximate surface area is 108 Å². The average Bonchev–Trinajstić information content (AvgIpc) is 2.86. The predicted octanol–water partition coefficient (Wildman–Crippen LogP) is 4.36. The Morgan fingerprint density at radius 2 is 1.47 bits per heavy atom. The van der Waals surface area contributed by atoms with Gasteiger partial charge in [0.2, 0.25) is 0 Å². The fourth-order valence-electron chi connectivity index (χ4n) is 4.27. The van der Waals surface area contributed by atoms with Gasteiger partial charge in [0.25, 0.3) is 0 Å². The van der Waals surface area contributed by atoms with Crippen LogP contribution in [0.2, 0.25) is 0 Å². The van der Waals surface area contributed by atoms with E-state index in [1.807, 2.05) is 0 Å². The lowest BCUT2D eigenvalue weighted by Gasteiger charge is -2.35. The van der Waals surface area contributed by atoms with Crippen LogP contribution in [0.1, 0.15) is 71.6 Å². The molecule has 0 aromatic rings. The minimum Gasteiger partial charge on any atom is -0.327 e. The minimum atomic E-state index is 0.515. The fraction of sp³-hybridized carbons (Fsp3) is 1.00. The molecule has 2 saturated carbocycles. The molecule has 5 atom stereocenters. The molecule has 0 radical (unpaired) electrons. The van der Waals surface area contributed by atoms with Crippen molar-refractivity contribution >= 4 is 0 Å². The van der Waals surface area contributed by atoms with Crippen LogP contribution in [0.15, 0.2) is 0 Å². The third kappa shape index (κ3) is 3.24. The molecule has 1 heteroatoms. The van der Waals surface area contributed by atoms with E-state index < -0.39 is 0 Å². The van der Waals surface area contributed by atoms with Gasteiger partial charge in [-0.1, -0.05) is 46.0 Å². The molecule has 2 aliphatic rings. The van der Waals surface area contributed by atoms with Crippen LogP contribution in [-0.2, 0) is 0 Å². The van der Waals surface area contributed by atoms with Gasteiger partial charge in [-0.3, -0.25) is 0 Å². The normalized spacial score (nSPS) is 40.4. The number of hydrogen-bond acceptors (Lipinski definition) is 1. The first-order chi connectivity index (χ1) is 8.24. The van der Waals surface area contributed by atoms with E-state index in [-0.39, 0.29) is 0 Å². The van der Waals surface area contributed by atoms with Crippen molar-refractivity contribution in [3.8, 4) is 0 Å². The van der Waals surface area contributed by atoms with E-state index in [1.54, 1.807) is 0 Å². The van der Waals surface area contributed by atoms with Crippen molar-refractivity contribution in [1.29, 1.82) is 0 Å². The van der Waals surface area contributed by atoms with Crippen molar-refractivity contribution in [3.05, 3.63) is 0 Å². The third-order valence-electron chi connectivity index (χ3n) is 5.65. The van der Waals surface area contributed by atoms with Crippen molar-refractivity contribution in [2.75, 3.05) is 0 Å². The molecule has 17 heavy (non-hydrogen) atoms. The lowest BCUT2D eigenvalue weighted by atomic mass is 9.73. The first kappa shape index (κ1) is 13.4. The van der Waals surface area contributed by atoms with Crippen LogP contribution in [0.25, 0.3) is 0 Å². The van der Waals surface area contributed by atoms with Crippen molar-refractivity contribution < 1.29 is 0 Å². The van der Waals surface area contributed by atoms with Gasteiger partial charge in [-0.25, -0.2) is 0 Å². The van der Waals surface area contributed by atoms with E-state index in [4.69, 9.17) is 5.73 Å². The summed E-state index contributed by atoms with van der Waals surface area (Å²) in [5, 5.41) is 0. The number of hydrogen-bond donors (Lipinski definition) is 1. The summed E-state index contributed by atoms with van der Waals surface area (Å²) in [4.78, 5) is 0. The van der Waals surface area contributed by atoms with Crippen LogP contribution in [0.4, 0.5) is 0 Å². The molecule has 0 amide bonds. The van der Waals surface area contributed by atoms with E-state index in [1.165, 1.54) is 57.8 Å². The summed E-state index contributed by atoms with van der Waals surface area (Å²) < 4.78 is 0. The van der Waals surface area contributed by atoms with E-state index in [9.17, 15) is 0 Å². The molecule has 0 spiro atoms. The fourth-order valence-corrected chi connectivity index (χ4v) is 4.27. The second-order valence-electron chi connectivity index (χ2n) is 6.63. The van der Waals surface area contributed by atoms with Gasteiger partial charge in [0.05, 0.1) is 0 Å². The Kier molecular flexibility index (Phi) is 4.90. The SMILES string of the molecule is CCC1CCCC(C(N)C2CCC(CC)C2)C1. The monoisotopic (exact) mass is 237 g/mol. The Balaban J connectivity index is 1.84. The molecule has 2 rings (SSSR count). The molecule has 0 aromatic heterocycles. The summed E-state index contributed by atoms with van der Waals surface area (Å²) in [6, 6.07) is 0.515. The first-order valence-electron chi connectivity index (χ1n) is 8.00. The number of rotatable bonds is 4. The van der Waals surface area contributed by atoms with Crippen molar-refractivity contribution in [2.45, 2.75) is 77.7 Å². The van der Waals surface area contributed by atoms with Gasteiger partial charge in [-0.2, -0.15) is 0 Å². The van der Waals surface area contributed by atoms with Gasteiger partial charge in [0.1, 0.15) is 0 Å². The smallest absolute Gasteiger partial charge is 0.00958 e. The Morgan fingerprint density at radius 1 is 0.882 bits per heavy atom. The highest BCUT2D eigenvalue weighted by molar-refractivity contribution is 4.88. The Morgan fingerprint density at radius 3 is 2.06 bits per heavy atom. The van der Waals surface area contributed by atoms with Crippen LogP contribution in [0.5, 0.6) is 0 Å². The number of nitrogens with two attached hydrogens (primary N) is 1. The molecule has 1 nitrogen and oxygen atoms in total. The van der Waals surface area contributed by atoms with Gasteiger partial charge < -0.3 is 5.73 Å². The van der Waals surface area contributed by atoms with Crippen molar-refractivity contribution in [3.63, 3.8) is 0 Å². The minimum absolute atomic E-state index is 0.515. The van der Waals surface area contributed by atoms with E-state index in [0.29, 0.717) is 6.04 Å². The summed E-state index contributed by atoms with van der Waals surface area (Å²) in [6.45, 7) is 4.69. The summed E-state index contributed by atoms with van der Waals surface area (Å²) in [5.74, 6) is 3.65. The Bertz CT molecular complexity index is 226. The maximum atomic E-state index is 6.59. The van der Waals surface area contributed by atoms with Crippen LogP contribution in [0.3, 0.4) is 0 Å². The highest BCUT2D eigenvalue weighted by Gasteiger charge is 2.34. The van der Waals surface area contributed by atoms with E-state index >= 15 is 0 Å². The molecule has 0 aliphatic heterocycles. The molecule has 0 bridgehead atoms. The van der Waals surface area contributed by atoms with Gasteiger partial charge in [-0.05, 0) is 49.4 Å². The maximum Gasteiger partial charge on any atom is 0.00958 e. The standard InChI is InChI=1S/C16H31N/c1-3-12-6-5-7-14(10-12)16(17)15-9-8-13(4-2)11-15/h12-16H,3-11,17H2,1-2H3. The van der Waals surface area contributed by atoms with Gasteiger partial charge >= 0.3 is 0 Å². The van der Waals surface area contributed by atoms with Crippen LogP contribution in [0, 0.1) is 23.7 Å². The Hall–Kier alpha value is -0.0400. The van der Waals surface area contributed by atoms with Crippen LogP contribution >= 0.6 is 0 Å². The van der Waals surface area contributed by atoms with Crippen molar-refractivity contribution in [1.82, 2.24) is 0 Å². The lowest BCUT2D eigenvalue weighted by molar-refractivity contribution is 0.192. The zero-order chi connectivity index (χ0) is 12.3. The van der Waals surface area contributed by atoms with Crippen LogP contribution in [-0.4, -0.2) is 6.04 Å². The van der Waals surface area contributed by atoms with E-state index in [0.717, 1.165) is 23.7 Å². The van der Waals surface area contributed by atoms with Crippen LogP contribution < -0.4 is 5.73 Å². The van der Waals surface area contributed by atoms with Gasteiger partial charge in [0.15, 0.2) is 0 Å². The quantitative estimate of drug-likeness (QED) is 0.772. The zero-order valence-electron chi connectivity index (χ0n) is 11.8. The molecule has 5 unspecified atom stereocenters. The second-order valence-corrected chi connectivity index (χ2v) is 6.63. The summed E-state index contributed by atoms with van der Waals surface area (Å²) in [6.07, 6.45) is 12.7. The lowest BCUT2D eigenvalue weighted by Crippen LogP contribution is -2.39. The molecule has 0 saturated heterocycles. The van der Waals surface area contributed by atoms with Gasteiger partial charge in [-0.15, -0.1) is 0 Å². The average molecular weight is 237 g/mol. The largest absolute Gasteiger partial charge is 0.327 e. The molecule has 0 aromatic carbocycles. The molecular weight excluding hydrogens is 206 g/mol. The highest BCUT2D eigenvalue weighted by atomic mass is 14.7. The second kappa shape index (κ2) is 6.22. The summed E-state index contributed by atoms with van der Waals surface area (Å²) >= 11 is 0. The zero-order valence-corrected chi connectivity index (χ0v) is 11.8. The molecular formula is C16H31N. The molecule has 2 aliphatic carbocycles. The third-order valence-corrected chi connectivity index (χ3v) is 5.65.